The number of anilines is 2. The Bertz CT molecular complexity index is 823. The van der Waals surface area contributed by atoms with Gasteiger partial charge in [-0.1, -0.05) is 29.8 Å². The molecular weight excluding hydrogens is 369 g/mol. The number of carbonyl (C=O) groups excluding carboxylic acids is 2. The van der Waals surface area contributed by atoms with Crippen molar-refractivity contribution in [1.29, 1.82) is 0 Å². The first-order valence-electron chi connectivity index (χ1n) is 8.76. The Morgan fingerprint density at radius 1 is 1.07 bits per heavy atom. The summed E-state index contributed by atoms with van der Waals surface area (Å²) in [6.45, 7) is 3.92. The third-order valence-electron chi connectivity index (χ3n) is 4.64. The van der Waals surface area contributed by atoms with Crippen molar-refractivity contribution in [2.45, 2.75) is 6.92 Å². The van der Waals surface area contributed by atoms with Gasteiger partial charge in [0.2, 0.25) is 11.8 Å². The number of nitrogens with zero attached hydrogens (tertiary/aromatic N) is 3. The highest BCUT2D eigenvalue weighted by molar-refractivity contribution is 6.31. The lowest BCUT2D eigenvalue weighted by atomic mass is 10.2. The molecule has 142 valence electrons. The normalized spacial score (nSPS) is 14.2. The Labute approximate surface area is 162 Å². The molecular formula is C20H21ClFN3O2. The second-order valence-corrected chi connectivity index (χ2v) is 6.81. The summed E-state index contributed by atoms with van der Waals surface area (Å²) < 4.78 is 13.4. The second-order valence-electron chi connectivity index (χ2n) is 6.41. The maximum atomic E-state index is 13.4. The number of rotatable bonds is 4. The molecule has 0 atom stereocenters. The van der Waals surface area contributed by atoms with Gasteiger partial charge in [0.1, 0.15) is 12.4 Å². The van der Waals surface area contributed by atoms with Crippen LogP contribution in [0.4, 0.5) is 15.8 Å². The lowest BCUT2D eigenvalue weighted by Crippen LogP contribution is -2.51. The van der Waals surface area contributed by atoms with E-state index in [4.69, 9.17) is 11.6 Å². The average molecular weight is 390 g/mol. The Morgan fingerprint density at radius 3 is 2.33 bits per heavy atom. The van der Waals surface area contributed by atoms with Crippen molar-refractivity contribution in [3.63, 3.8) is 0 Å². The molecule has 0 spiro atoms. The van der Waals surface area contributed by atoms with Crippen molar-refractivity contribution < 1.29 is 14.0 Å². The molecule has 27 heavy (non-hydrogen) atoms. The molecule has 2 aromatic rings. The van der Waals surface area contributed by atoms with Crippen LogP contribution in [0, 0.1) is 5.82 Å². The minimum absolute atomic E-state index is 0.0809. The van der Waals surface area contributed by atoms with Gasteiger partial charge < -0.3 is 14.7 Å². The van der Waals surface area contributed by atoms with Crippen molar-refractivity contribution in [2.75, 3.05) is 42.5 Å². The predicted octanol–water partition coefficient (Wildman–Crippen LogP) is 3.18. The van der Waals surface area contributed by atoms with Crippen molar-refractivity contribution in [3.8, 4) is 0 Å². The number of hydrogen-bond donors (Lipinski definition) is 0. The van der Waals surface area contributed by atoms with Crippen LogP contribution in [0.3, 0.4) is 0 Å². The highest BCUT2D eigenvalue weighted by Crippen LogP contribution is 2.23. The van der Waals surface area contributed by atoms with Crippen molar-refractivity contribution in [1.82, 2.24) is 4.90 Å². The topological polar surface area (TPSA) is 43.9 Å². The molecule has 0 N–H and O–H groups in total. The van der Waals surface area contributed by atoms with Gasteiger partial charge in [0, 0.05) is 44.5 Å². The summed E-state index contributed by atoms with van der Waals surface area (Å²) in [5.74, 6) is -1.00. The van der Waals surface area contributed by atoms with E-state index < -0.39 is 5.82 Å². The first-order chi connectivity index (χ1) is 13.0. The first-order valence-corrected chi connectivity index (χ1v) is 9.14. The Morgan fingerprint density at radius 2 is 1.74 bits per heavy atom. The van der Waals surface area contributed by atoms with Crippen LogP contribution in [0.15, 0.2) is 48.5 Å². The van der Waals surface area contributed by atoms with Crippen LogP contribution < -0.4 is 9.80 Å². The molecule has 1 heterocycles. The van der Waals surface area contributed by atoms with Crippen LogP contribution >= 0.6 is 11.6 Å². The Balaban J connectivity index is 1.63. The summed E-state index contributed by atoms with van der Waals surface area (Å²) >= 11 is 5.81. The first kappa shape index (κ1) is 19.2. The summed E-state index contributed by atoms with van der Waals surface area (Å²) in [5.41, 5.74) is 1.54. The molecule has 5 nitrogen and oxygen atoms in total. The van der Waals surface area contributed by atoms with E-state index in [0.29, 0.717) is 18.8 Å². The van der Waals surface area contributed by atoms with Gasteiger partial charge in [0.25, 0.3) is 0 Å². The summed E-state index contributed by atoms with van der Waals surface area (Å²) in [4.78, 5) is 30.0. The van der Waals surface area contributed by atoms with Gasteiger partial charge in [-0.3, -0.25) is 9.59 Å². The maximum absolute atomic E-state index is 13.4. The van der Waals surface area contributed by atoms with E-state index in [1.807, 2.05) is 30.3 Å². The van der Waals surface area contributed by atoms with Crippen molar-refractivity contribution in [3.05, 3.63) is 59.4 Å². The van der Waals surface area contributed by atoms with Gasteiger partial charge in [-0.05, 0) is 30.3 Å². The zero-order valence-electron chi connectivity index (χ0n) is 15.1. The number of halogens is 2. The third-order valence-corrected chi connectivity index (χ3v) is 4.93. The number of amides is 2. The Kier molecular flexibility index (Phi) is 5.96. The quantitative estimate of drug-likeness (QED) is 0.806. The fourth-order valence-electron chi connectivity index (χ4n) is 3.13. The molecule has 1 fully saturated rings. The summed E-state index contributed by atoms with van der Waals surface area (Å²) in [6, 6.07) is 14.1. The van der Waals surface area contributed by atoms with Crippen LogP contribution in [0.1, 0.15) is 6.92 Å². The van der Waals surface area contributed by atoms with Crippen LogP contribution in [-0.2, 0) is 9.59 Å². The molecule has 2 amide bonds. The number of carbonyl (C=O) groups is 2. The number of hydrogen-bond acceptors (Lipinski definition) is 3. The zero-order valence-corrected chi connectivity index (χ0v) is 15.8. The van der Waals surface area contributed by atoms with Gasteiger partial charge in [0.15, 0.2) is 0 Å². The largest absolute Gasteiger partial charge is 0.368 e. The molecule has 0 bridgehead atoms. The SMILES string of the molecule is CC(=O)N(CC(=O)N1CCN(c2ccccc2)CC1)c1ccc(F)c(Cl)c1. The van der Waals surface area contributed by atoms with E-state index in [-0.39, 0.29) is 23.4 Å². The summed E-state index contributed by atoms with van der Waals surface area (Å²) in [6.07, 6.45) is 0. The summed E-state index contributed by atoms with van der Waals surface area (Å²) in [7, 11) is 0. The monoisotopic (exact) mass is 389 g/mol. The number of para-hydroxylation sites is 1. The smallest absolute Gasteiger partial charge is 0.242 e. The van der Waals surface area contributed by atoms with Crippen LogP contribution in [0.25, 0.3) is 0 Å². The molecule has 0 aromatic heterocycles. The van der Waals surface area contributed by atoms with E-state index in [1.165, 1.54) is 30.0 Å². The molecule has 0 radical (unpaired) electrons. The summed E-state index contributed by atoms with van der Waals surface area (Å²) in [5, 5.41) is -0.0809. The highest BCUT2D eigenvalue weighted by atomic mass is 35.5. The highest BCUT2D eigenvalue weighted by Gasteiger charge is 2.24. The minimum Gasteiger partial charge on any atom is -0.368 e. The molecule has 1 saturated heterocycles. The maximum Gasteiger partial charge on any atom is 0.242 e. The fourth-order valence-corrected chi connectivity index (χ4v) is 3.30. The molecule has 1 aliphatic rings. The van der Waals surface area contributed by atoms with Crippen molar-refractivity contribution in [2.24, 2.45) is 0 Å². The standard InChI is InChI=1S/C20H21ClFN3O2/c1-15(26)25(17-7-8-19(22)18(21)13-17)14-20(27)24-11-9-23(10-12-24)16-5-3-2-4-6-16/h2-8,13H,9-12,14H2,1H3. The Hall–Kier alpha value is -2.60. The van der Waals surface area contributed by atoms with Gasteiger partial charge >= 0.3 is 0 Å². The third kappa shape index (κ3) is 4.57. The van der Waals surface area contributed by atoms with Crippen LogP contribution in [0.5, 0.6) is 0 Å². The average Bonchev–Trinajstić information content (AvgIpc) is 2.69. The zero-order chi connectivity index (χ0) is 19.4. The van der Waals surface area contributed by atoms with E-state index in [1.54, 1.807) is 4.90 Å². The molecule has 3 rings (SSSR count). The van der Waals surface area contributed by atoms with E-state index >= 15 is 0 Å². The molecule has 2 aromatic carbocycles. The number of benzene rings is 2. The number of piperazine rings is 1. The fraction of sp³-hybridized carbons (Fsp3) is 0.300. The van der Waals surface area contributed by atoms with Gasteiger partial charge in [-0.15, -0.1) is 0 Å². The minimum atomic E-state index is -0.563. The van der Waals surface area contributed by atoms with E-state index in [9.17, 15) is 14.0 Å². The van der Waals surface area contributed by atoms with Crippen LogP contribution in [0.2, 0.25) is 5.02 Å². The van der Waals surface area contributed by atoms with Gasteiger partial charge in [-0.2, -0.15) is 0 Å². The van der Waals surface area contributed by atoms with Gasteiger partial charge in [0.05, 0.1) is 5.02 Å². The predicted molar refractivity (Wildman–Crippen MR) is 105 cm³/mol. The molecule has 0 saturated carbocycles. The molecule has 0 aliphatic carbocycles. The lowest BCUT2D eigenvalue weighted by molar-refractivity contribution is -0.131. The molecule has 7 heteroatoms. The van der Waals surface area contributed by atoms with Crippen molar-refractivity contribution >= 4 is 34.8 Å². The van der Waals surface area contributed by atoms with E-state index in [0.717, 1.165) is 18.8 Å². The second kappa shape index (κ2) is 8.39. The van der Waals surface area contributed by atoms with E-state index in [2.05, 4.69) is 4.90 Å². The molecule has 0 unspecified atom stereocenters. The van der Waals surface area contributed by atoms with Crippen LogP contribution in [-0.4, -0.2) is 49.4 Å². The van der Waals surface area contributed by atoms with Gasteiger partial charge in [-0.25, -0.2) is 4.39 Å². The lowest BCUT2D eigenvalue weighted by Gasteiger charge is -2.37. The molecule has 1 aliphatic heterocycles.